The third-order valence-corrected chi connectivity index (χ3v) is 2.61. The molecule has 0 aliphatic carbocycles. The zero-order valence-electron chi connectivity index (χ0n) is 8.84. The minimum Gasteiger partial charge on any atom is -0.393 e. The summed E-state index contributed by atoms with van der Waals surface area (Å²) in [4.78, 5) is 0. The average molecular weight is 231 g/mol. The highest BCUT2D eigenvalue weighted by molar-refractivity contribution is 6.30. The third-order valence-electron chi connectivity index (χ3n) is 2.38. The first kappa shape index (κ1) is 12.5. The van der Waals surface area contributed by atoms with Crippen molar-refractivity contribution >= 4 is 11.6 Å². The second-order valence-corrected chi connectivity index (χ2v) is 4.15. The van der Waals surface area contributed by atoms with Crippen molar-refractivity contribution in [3.63, 3.8) is 0 Å². The van der Waals surface area contributed by atoms with Crippen molar-refractivity contribution in [1.29, 1.82) is 0 Å². The van der Waals surface area contributed by atoms with E-state index in [9.17, 15) is 9.50 Å². The largest absolute Gasteiger partial charge is 0.393 e. The SMILES string of the molecule is CCCC(O)CCc1cc(Cl)ccc1F. The van der Waals surface area contributed by atoms with Crippen molar-refractivity contribution < 1.29 is 9.50 Å². The quantitative estimate of drug-likeness (QED) is 0.820. The lowest BCUT2D eigenvalue weighted by Gasteiger charge is -2.09. The van der Waals surface area contributed by atoms with Gasteiger partial charge in [0.15, 0.2) is 0 Å². The number of hydrogen-bond acceptors (Lipinski definition) is 1. The first-order valence-electron chi connectivity index (χ1n) is 5.25. The normalized spacial score (nSPS) is 12.8. The van der Waals surface area contributed by atoms with Crippen LogP contribution in [0.3, 0.4) is 0 Å². The topological polar surface area (TPSA) is 20.2 Å². The van der Waals surface area contributed by atoms with E-state index >= 15 is 0 Å². The lowest BCUT2D eigenvalue weighted by atomic mass is 10.0. The van der Waals surface area contributed by atoms with E-state index in [0.29, 0.717) is 23.4 Å². The fourth-order valence-electron chi connectivity index (χ4n) is 1.53. The first-order valence-corrected chi connectivity index (χ1v) is 5.63. The molecule has 1 aromatic carbocycles. The van der Waals surface area contributed by atoms with E-state index < -0.39 is 0 Å². The maximum atomic E-state index is 13.3. The molecule has 0 bridgehead atoms. The van der Waals surface area contributed by atoms with Gasteiger partial charge in [0.25, 0.3) is 0 Å². The molecule has 0 spiro atoms. The third kappa shape index (κ3) is 4.18. The van der Waals surface area contributed by atoms with Crippen molar-refractivity contribution in [3.8, 4) is 0 Å². The van der Waals surface area contributed by atoms with Crippen LogP contribution in [0.1, 0.15) is 31.7 Å². The fraction of sp³-hybridized carbons (Fsp3) is 0.500. The van der Waals surface area contributed by atoms with Crippen LogP contribution in [0.5, 0.6) is 0 Å². The Morgan fingerprint density at radius 3 is 2.80 bits per heavy atom. The summed E-state index contributed by atoms with van der Waals surface area (Å²) in [6, 6.07) is 4.52. The lowest BCUT2D eigenvalue weighted by molar-refractivity contribution is 0.153. The maximum absolute atomic E-state index is 13.3. The zero-order chi connectivity index (χ0) is 11.3. The Morgan fingerprint density at radius 1 is 1.40 bits per heavy atom. The maximum Gasteiger partial charge on any atom is 0.126 e. The van der Waals surface area contributed by atoms with Crippen LogP contribution >= 0.6 is 11.6 Å². The van der Waals surface area contributed by atoms with Gasteiger partial charge in [-0.05, 0) is 43.0 Å². The van der Waals surface area contributed by atoms with Crippen molar-refractivity contribution in [2.75, 3.05) is 0 Å². The summed E-state index contributed by atoms with van der Waals surface area (Å²) in [5.41, 5.74) is 0.581. The molecule has 0 fully saturated rings. The summed E-state index contributed by atoms with van der Waals surface area (Å²) >= 11 is 5.76. The molecule has 0 aliphatic rings. The standard InChI is InChI=1S/C12H16ClFO/c1-2-3-11(15)6-4-9-8-10(13)5-7-12(9)14/h5,7-8,11,15H,2-4,6H2,1H3. The molecule has 0 amide bonds. The Labute approximate surface area is 94.9 Å². The van der Waals surface area contributed by atoms with Crippen LogP contribution in [0.4, 0.5) is 4.39 Å². The molecular weight excluding hydrogens is 215 g/mol. The second kappa shape index (κ2) is 6.09. The number of aliphatic hydroxyl groups is 1. The van der Waals surface area contributed by atoms with Crippen molar-refractivity contribution in [3.05, 3.63) is 34.6 Å². The predicted octanol–water partition coefficient (Wildman–Crippen LogP) is 3.57. The van der Waals surface area contributed by atoms with E-state index in [1.807, 2.05) is 6.92 Å². The van der Waals surface area contributed by atoms with E-state index in [2.05, 4.69) is 0 Å². The molecule has 0 aromatic heterocycles. The number of benzene rings is 1. The second-order valence-electron chi connectivity index (χ2n) is 3.72. The molecule has 0 heterocycles. The van der Waals surface area contributed by atoms with Crippen LogP contribution in [0.2, 0.25) is 5.02 Å². The van der Waals surface area contributed by atoms with Crippen LogP contribution < -0.4 is 0 Å². The van der Waals surface area contributed by atoms with Gasteiger partial charge >= 0.3 is 0 Å². The molecule has 1 atom stereocenters. The molecule has 0 saturated heterocycles. The van der Waals surface area contributed by atoms with E-state index in [-0.39, 0.29) is 11.9 Å². The number of aryl methyl sites for hydroxylation is 1. The van der Waals surface area contributed by atoms with E-state index in [4.69, 9.17) is 11.6 Å². The Bertz CT molecular complexity index is 314. The molecule has 15 heavy (non-hydrogen) atoms. The molecular formula is C12H16ClFO. The van der Waals surface area contributed by atoms with Crippen molar-refractivity contribution in [2.45, 2.75) is 38.7 Å². The summed E-state index contributed by atoms with van der Waals surface area (Å²) in [6.45, 7) is 2.02. The molecule has 1 aromatic rings. The van der Waals surface area contributed by atoms with Gasteiger partial charge < -0.3 is 5.11 Å². The molecule has 84 valence electrons. The van der Waals surface area contributed by atoms with Crippen LogP contribution in [-0.4, -0.2) is 11.2 Å². The Balaban J connectivity index is 2.53. The predicted molar refractivity (Wildman–Crippen MR) is 60.6 cm³/mol. The average Bonchev–Trinajstić information content (AvgIpc) is 2.20. The molecule has 0 aliphatic heterocycles. The van der Waals surface area contributed by atoms with Crippen LogP contribution in [0.15, 0.2) is 18.2 Å². The summed E-state index contributed by atoms with van der Waals surface area (Å²) in [6.07, 6.45) is 2.49. The number of halogens is 2. The molecule has 1 rings (SSSR count). The molecule has 1 N–H and O–H groups in total. The highest BCUT2D eigenvalue weighted by Crippen LogP contribution is 2.17. The molecule has 3 heteroatoms. The molecule has 0 radical (unpaired) electrons. The summed E-state index contributed by atoms with van der Waals surface area (Å²) in [5, 5.41) is 10.1. The monoisotopic (exact) mass is 230 g/mol. The molecule has 0 saturated carbocycles. The van der Waals surface area contributed by atoms with E-state index in [0.717, 1.165) is 12.8 Å². The Kier molecular flexibility index (Phi) is 5.06. The number of hydrogen-bond donors (Lipinski definition) is 1. The van der Waals surface area contributed by atoms with Gasteiger partial charge in [0, 0.05) is 5.02 Å². The van der Waals surface area contributed by atoms with E-state index in [1.54, 1.807) is 6.07 Å². The van der Waals surface area contributed by atoms with Gasteiger partial charge in [-0.3, -0.25) is 0 Å². The van der Waals surface area contributed by atoms with Crippen molar-refractivity contribution in [1.82, 2.24) is 0 Å². The van der Waals surface area contributed by atoms with Gasteiger partial charge in [-0.15, -0.1) is 0 Å². The van der Waals surface area contributed by atoms with Gasteiger partial charge in [0.2, 0.25) is 0 Å². The fourth-order valence-corrected chi connectivity index (χ4v) is 1.73. The highest BCUT2D eigenvalue weighted by atomic mass is 35.5. The Hall–Kier alpha value is -0.600. The van der Waals surface area contributed by atoms with E-state index in [1.165, 1.54) is 12.1 Å². The van der Waals surface area contributed by atoms with Crippen LogP contribution in [0.25, 0.3) is 0 Å². The Morgan fingerprint density at radius 2 is 2.13 bits per heavy atom. The first-order chi connectivity index (χ1) is 7.13. The minimum atomic E-state index is -0.339. The summed E-state index contributed by atoms with van der Waals surface area (Å²) < 4.78 is 13.3. The van der Waals surface area contributed by atoms with Gasteiger partial charge in [-0.2, -0.15) is 0 Å². The number of aliphatic hydroxyl groups excluding tert-OH is 1. The smallest absolute Gasteiger partial charge is 0.126 e. The van der Waals surface area contributed by atoms with Gasteiger partial charge in [0.1, 0.15) is 5.82 Å². The summed E-state index contributed by atoms with van der Waals surface area (Å²) in [7, 11) is 0. The molecule has 1 nitrogen and oxygen atoms in total. The molecule has 1 unspecified atom stereocenters. The van der Waals surface area contributed by atoms with Crippen molar-refractivity contribution in [2.24, 2.45) is 0 Å². The lowest BCUT2D eigenvalue weighted by Crippen LogP contribution is -2.07. The minimum absolute atomic E-state index is 0.247. The van der Waals surface area contributed by atoms with Gasteiger partial charge in [0.05, 0.1) is 6.10 Å². The van der Waals surface area contributed by atoms with Gasteiger partial charge in [-0.1, -0.05) is 24.9 Å². The van der Waals surface area contributed by atoms with Crippen LogP contribution in [-0.2, 0) is 6.42 Å². The zero-order valence-corrected chi connectivity index (χ0v) is 9.60. The van der Waals surface area contributed by atoms with Gasteiger partial charge in [-0.25, -0.2) is 4.39 Å². The highest BCUT2D eigenvalue weighted by Gasteiger charge is 2.07. The van der Waals surface area contributed by atoms with Crippen LogP contribution in [0, 0.1) is 5.82 Å². The number of rotatable bonds is 5. The summed E-state index contributed by atoms with van der Waals surface area (Å²) in [5.74, 6) is -0.247.